The highest BCUT2D eigenvalue weighted by Crippen LogP contribution is 2.41. The van der Waals surface area contributed by atoms with Crippen LogP contribution < -0.4 is 11.1 Å². The van der Waals surface area contributed by atoms with Gasteiger partial charge in [-0.05, 0) is 30.5 Å². The van der Waals surface area contributed by atoms with Gasteiger partial charge >= 0.3 is 11.8 Å². The van der Waals surface area contributed by atoms with Crippen molar-refractivity contribution in [2.45, 2.75) is 25.5 Å². The van der Waals surface area contributed by atoms with E-state index in [-0.39, 0.29) is 0 Å². The number of amides is 2. The number of carbonyl (C=O) groups excluding carboxylic acids is 2. The maximum atomic E-state index is 12.2. The first-order chi connectivity index (χ1) is 13.8. The third-order valence-corrected chi connectivity index (χ3v) is 5.03. The molecule has 5 heteroatoms. The fourth-order valence-corrected chi connectivity index (χ4v) is 3.39. The van der Waals surface area contributed by atoms with Gasteiger partial charge in [0.25, 0.3) is 0 Å². The van der Waals surface area contributed by atoms with Gasteiger partial charge in [-0.15, -0.1) is 0 Å². The van der Waals surface area contributed by atoms with Crippen molar-refractivity contribution in [3.63, 3.8) is 0 Å². The van der Waals surface area contributed by atoms with Gasteiger partial charge in [-0.3, -0.25) is 9.59 Å². The van der Waals surface area contributed by atoms with Crippen molar-refractivity contribution in [1.82, 2.24) is 5.32 Å². The summed E-state index contributed by atoms with van der Waals surface area (Å²) in [6.07, 6.45) is 0. The highest BCUT2D eigenvalue weighted by Gasteiger charge is 2.42. The maximum Gasteiger partial charge on any atom is 0.309 e. The van der Waals surface area contributed by atoms with Crippen LogP contribution in [-0.2, 0) is 15.2 Å². The average Bonchev–Trinajstić information content (AvgIpc) is 2.73. The zero-order chi connectivity index (χ0) is 21.0. The Kier molecular flexibility index (Phi) is 5.80. The molecule has 5 nitrogen and oxygen atoms in total. The largest absolute Gasteiger partial charge is 0.378 e. The average molecular weight is 388 g/mol. The summed E-state index contributed by atoms with van der Waals surface area (Å²) in [5, 5.41) is 14.7. The van der Waals surface area contributed by atoms with E-state index in [0.717, 1.165) is 11.1 Å². The normalized spacial score (nSPS) is 12.2. The summed E-state index contributed by atoms with van der Waals surface area (Å²) < 4.78 is 0. The first-order valence-corrected chi connectivity index (χ1v) is 9.34. The Bertz CT molecular complexity index is 951. The molecule has 29 heavy (non-hydrogen) atoms. The number of hydrogen-bond donors (Lipinski definition) is 3. The first-order valence-electron chi connectivity index (χ1n) is 9.34. The molecular weight excluding hydrogens is 364 g/mol. The molecule has 3 aromatic rings. The van der Waals surface area contributed by atoms with Crippen LogP contribution in [0.15, 0.2) is 78.9 Å². The van der Waals surface area contributed by atoms with E-state index in [1.807, 2.05) is 80.6 Å². The lowest BCUT2D eigenvalue weighted by Crippen LogP contribution is -2.48. The number of nitrogens with one attached hydrogen (secondary N) is 1. The second kappa shape index (κ2) is 8.29. The smallest absolute Gasteiger partial charge is 0.309 e. The van der Waals surface area contributed by atoms with Gasteiger partial charge in [0.1, 0.15) is 5.60 Å². The minimum Gasteiger partial charge on any atom is -0.378 e. The standard InChI is InChI=1S/C24H24N2O3/c1-16-8-12-19(13-9-16)24(29,20-14-10-17(2)11-15-20)21(26-23(28)22(25)27)18-6-4-3-5-7-18/h3-15,21,29H,1-2H3,(H2,25,27)(H,26,28)/t21-/m1/s1. The molecule has 0 fully saturated rings. The lowest BCUT2D eigenvalue weighted by molar-refractivity contribution is -0.138. The molecule has 2 amide bonds. The van der Waals surface area contributed by atoms with Gasteiger partial charge in [0.05, 0.1) is 6.04 Å². The number of nitrogens with two attached hydrogens (primary N) is 1. The van der Waals surface area contributed by atoms with Gasteiger partial charge in [-0.2, -0.15) is 0 Å². The van der Waals surface area contributed by atoms with E-state index in [4.69, 9.17) is 5.73 Å². The molecule has 3 aromatic carbocycles. The topological polar surface area (TPSA) is 92.4 Å². The number of aliphatic hydroxyl groups is 1. The lowest BCUT2D eigenvalue weighted by atomic mass is 9.77. The lowest BCUT2D eigenvalue weighted by Gasteiger charge is -2.38. The number of primary amides is 1. The van der Waals surface area contributed by atoms with Gasteiger partial charge in [-0.1, -0.05) is 90.0 Å². The van der Waals surface area contributed by atoms with Crippen LogP contribution in [0.3, 0.4) is 0 Å². The monoisotopic (exact) mass is 388 g/mol. The third kappa shape index (κ3) is 4.20. The fraction of sp³-hybridized carbons (Fsp3) is 0.167. The van der Waals surface area contributed by atoms with Crippen molar-refractivity contribution in [1.29, 1.82) is 0 Å². The number of hydrogen-bond acceptors (Lipinski definition) is 3. The predicted octanol–water partition coefficient (Wildman–Crippen LogP) is 2.88. The maximum absolute atomic E-state index is 12.2. The minimum atomic E-state index is -1.63. The summed E-state index contributed by atoms with van der Waals surface area (Å²) in [5.41, 5.74) is 7.46. The van der Waals surface area contributed by atoms with Gasteiger partial charge in [0.15, 0.2) is 0 Å². The van der Waals surface area contributed by atoms with Crippen LogP contribution in [0.2, 0.25) is 0 Å². The van der Waals surface area contributed by atoms with Crippen LogP contribution in [-0.4, -0.2) is 16.9 Å². The van der Waals surface area contributed by atoms with Crippen molar-refractivity contribution >= 4 is 11.8 Å². The van der Waals surface area contributed by atoms with E-state index in [1.54, 1.807) is 12.1 Å². The molecule has 0 aliphatic heterocycles. The van der Waals surface area contributed by atoms with Crippen LogP contribution in [0.1, 0.15) is 33.9 Å². The van der Waals surface area contributed by atoms with Crippen LogP contribution in [0, 0.1) is 13.8 Å². The van der Waals surface area contributed by atoms with Crippen molar-refractivity contribution < 1.29 is 14.7 Å². The van der Waals surface area contributed by atoms with Crippen molar-refractivity contribution in [2.75, 3.05) is 0 Å². The highest BCUT2D eigenvalue weighted by molar-refractivity contribution is 6.34. The Balaban J connectivity index is 2.24. The Morgan fingerprint density at radius 3 is 1.69 bits per heavy atom. The summed E-state index contributed by atoms with van der Waals surface area (Å²) >= 11 is 0. The molecule has 1 atom stereocenters. The summed E-state index contributed by atoms with van der Waals surface area (Å²) in [6.45, 7) is 3.91. The quantitative estimate of drug-likeness (QED) is 0.587. The van der Waals surface area contributed by atoms with E-state index in [2.05, 4.69) is 5.32 Å². The van der Waals surface area contributed by atoms with Gasteiger partial charge in [0, 0.05) is 0 Å². The Hall–Kier alpha value is -3.44. The number of carbonyl (C=O) groups is 2. The van der Waals surface area contributed by atoms with E-state index in [1.165, 1.54) is 0 Å². The fourth-order valence-electron chi connectivity index (χ4n) is 3.39. The minimum absolute atomic E-state index is 0.588. The van der Waals surface area contributed by atoms with Gasteiger partial charge in [-0.25, -0.2) is 0 Å². The van der Waals surface area contributed by atoms with E-state index < -0.39 is 23.5 Å². The molecule has 0 heterocycles. The second-order valence-electron chi connectivity index (χ2n) is 7.18. The van der Waals surface area contributed by atoms with Gasteiger partial charge < -0.3 is 16.2 Å². The molecule has 3 rings (SSSR count). The molecular formula is C24H24N2O3. The summed E-state index contributed by atoms with van der Waals surface area (Å²) in [6, 6.07) is 23.0. The van der Waals surface area contributed by atoms with Gasteiger partial charge in [0.2, 0.25) is 0 Å². The van der Waals surface area contributed by atoms with Crippen molar-refractivity contribution in [3.8, 4) is 0 Å². The molecule has 148 valence electrons. The Morgan fingerprint density at radius 1 is 0.828 bits per heavy atom. The van der Waals surface area contributed by atoms with Crippen LogP contribution in [0.4, 0.5) is 0 Å². The Morgan fingerprint density at radius 2 is 1.28 bits per heavy atom. The summed E-state index contributed by atoms with van der Waals surface area (Å²) in [4.78, 5) is 23.7. The third-order valence-electron chi connectivity index (χ3n) is 5.03. The summed E-state index contributed by atoms with van der Waals surface area (Å²) in [5.74, 6) is -2.07. The molecule has 0 aliphatic rings. The molecule has 4 N–H and O–H groups in total. The molecule has 0 aliphatic carbocycles. The second-order valence-corrected chi connectivity index (χ2v) is 7.18. The molecule has 0 spiro atoms. The Labute approximate surface area is 170 Å². The van der Waals surface area contributed by atoms with Crippen molar-refractivity contribution in [2.24, 2.45) is 5.73 Å². The molecule has 0 unspecified atom stereocenters. The molecule has 0 radical (unpaired) electrons. The molecule has 0 saturated heterocycles. The zero-order valence-electron chi connectivity index (χ0n) is 16.4. The molecule has 0 bridgehead atoms. The van der Waals surface area contributed by atoms with Crippen LogP contribution in [0.25, 0.3) is 0 Å². The van der Waals surface area contributed by atoms with E-state index >= 15 is 0 Å². The first kappa shape index (κ1) is 20.3. The van der Waals surface area contributed by atoms with E-state index in [0.29, 0.717) is 16.7 Å². The number of rotatable bonds is 5. The summed E-state index contributed by atoms with van der Waals surface area (Å²) in [7, 11) is 0. The highest BCUT2D eigenvalue weighted by atomic mass is 16.3. The van der Waals surface area contributed by atoms with Crippen LogP contribution in [0.5, 0.6) is 0 Å². The van der Waals surface area contributed by atoms with E-state index in [9.17, 15) is 14.7 Å². The zero-order valence-corrected chi connectivity index (χ0v) is 16.4. The SMILES string of the molecule is Cc1ccc(C(O)(c2ccc(C)cc2)[C@H](NC(=O)C(N)=O)c2ccccc2)cc1. The predicted molar refractivity (Wildman–Crippen MR) is 112 cm³/mol. The molecule has 0 aromatic heterocycles. The number of aryl methyl sites for hydroxylation is 2. The number of benzene rings is 3. The van der Waals surface area contributed by atoms with Crippen molar-refractivity contribution in [3.05, 3.63) is 107 Å². The van der Waals surface area contributed by atoms with Crippen LogP contribution >= 0.6 is 0 Å². The molecule has 0 saturated carbocycles.